The molecule has 0 spiro atoms. The van der Waals surface area contributed by atoms with Crippen LogP contribution in [-0.2, 0) is 10.4 Å². The van der Waals surface area contributed by atoms with E-state index in [2.05, 4.69) is 4.99 Å². The maximum absolute atomic E-state index is 12.3. The third kappa shape index (κ3) is 4.12. The Morgan fingerprint density at radius 1 is 1.08 bits per heavy atom. The van der Waals surface area contributed by atoms with Gasteiger partial charge in [-0.25, -0.2) is 8.42 Å². The van der Waals surface area contributed by atoms with Gasteiger partial charge in [0, 0.05) is 29.2 Å². The first kappa shape index (κ1) is 17.7. The van der Waals surface area contributed by atoms with Crippen LogP contribution >= 0.6 is 0 Å². The highest BCUT2D eigenvalue weighted by molar-refractivity contribution is 7.79. The van der Waals surface area contributed by atoms with Gasteiger partial charge in [-0.3, -0.25) is 9.35 Å². The number of fused-ring (bicyclic) bond motifs is 3. The van der Waals surface area contributed by atoms with Crippen LogP contribution in [0.25, 0.3) is 27.3 Å². The first-order valence-electron chi connectivity index (χ1n) is 7.37. The molecule has 131 valence electrons. The minimum atomic E-state index is -4.92. The first-order chi connectivity index (χ1) is 12.3. The van der Waals surface area contributed by atoms with Crippen molar-refractivity contribution in [3.8, 4) is 0 Å². The first-order valence-corrected chi connectivity index (χ1v) is 8.74. The van der Waals surface area contributed by atoms with E-state index < -0.39 is 10.4 Å². The zero-order valence-electron chi connectivity index (χ0n) is 13.2. The summed E-state index contributed by atoms with van der Waals surface area (Å²) in [4.78, 5) is 16.3. The molecule has 26 heavy (non-hydrogen) atoms. The van der Waals surface area contributed by atoms with Crippen LogP contribution in [0.3, 0.4) is 0 Å². The Bertz CT molecular complexity index is 1230. The summed E-state index contributed by atoms with van der Waals surface area (Å²) < 4.78 is 38.8. The smallest absolute Gasteiger partial charge is 0.242 e. The Labute approximate surface area is 148 Å². The Morgan fingerprint density at radius 2 is 1.81 bits per heavy atom. The maximum Gasteiger partial charge on any atom is 0.242 e. The monoisotopic (exact) mass is 370 g/mol. The average Bonchev–Trinajstić information content (AvgIpc) is 2.61. The lowest BCUT2D eigenvalue weighted by atomic mass is 10.1. The van der Waals surface area contributed by atoms with Crippen LogP contribution in [0.1, 0.15) is 5.76 Å². The van der Waals surface area contributed by atoms with Crippen molar-refractivity contribution in [3.05, 3.63) is 76.8 Å². The number of hydrogen-bond acceptors (Lipinski definition) is 6. The van der Waals surface area contributed by atoms with Crippen LogP contribution in [0.5, 0.6) is 0 Å². The lowest BCUT2D eigenvalue weighted by Crippen LogP contribution is -2.02. The Hall–Kier alpha value is -3.07. The number of allylic oxidation sites excluding steroid dienone is 3. The van der Waals surface area contributed by atoms with E-state index in [4.69, 9.17) is 21.9 Å². The molecule has 0 aliphatic carbocycles. The van der Waals surface area contributed by atoms with E-state index in [0.717, 1.165) is 16.3 Å². The molecular weight excluding hydrogens is 358 g/mol. The number of benzene rings is 2. The van der Waals surface area contributed by atoms with Gasteiger partial charge < -0.3 is 8.97 Å². The largest absolute Gasteiger partial charge is 0.726 e. The lowest BCUT2D eigenvalue weighted by molar-refractivity contribution is 0.366. The predicted molar refractivity (Wildman–Crippen MR) is 97.6 cm³/mol. The summed E-state index contributed by atoms with van der Waals surface area (Å²) >= 11 is 0. The third-order valence-corrected chi connectivity index (χ3v) is 3.58. The number of rotatable bonds is 1. The van der Waals surface area contributed by atoms with Crippen LogP contribution in [0.15, 0.2) is 70.0 Å². The fourth-order valence-corrected chi connectivity index (χ4v) is 2.54. The van der Waals surface area contributed by atoms with E-state index in [1.54, 1.807) is 12.4 Å². The van der Waals surface area contributed by atoms with Crippen molar-refractivity contribution in [1.82, 2.24) is 4.99 Å². The molecule has 0 bridgehead atoms. The summed E-state index contributed by atoms with van der Waals surface area (Å²) in [6.45, 7) is 0. The van der Waals surface area contributed by atoms with Crippen LogP contribution in [0.2, 0.25) is 0 Å². The summed E-state index contributed by atoms with van der Waals surface area (Å²) in [6.07, 6.45) is 7.02. The van der Waals surface area contributed by atoms with Crippen molar-refractivity contribution in [2.75, 3.05) is 0 Å². The van der Waals surface area contributed by atoms with Crippen molar-refractivity contribution in [1.29, 1.82) is 0 Å². The molecule has 1 aliphatic rings. The molecule has 7 nitrogen and oxygen atoms in total. The van der Waals surface area contributed by atoms with Crippen LogP contribution in [0, 0.1) is 0 Å². The number of aliphatic imine (C=N–C) groups is 1. The number of nitrogens with zero attached hydrogens (tertiary/aromatic N) is 1. The molecule has 0 unspecified atom stereocenters. The van der Waals surface area contributed by atoms with Crippen molar-refractivity contribution >= 4 is 43.9 Å². The second-order valence-electron chi connectivity index (χ2n) is 5.30. The van der Waals surface area contributed by atoms with E-state index >= 15 is 0 Å². The molecule has 0 saturated heterocycles. The molecule has 3 aromatic rings. The fourth-order valence-electron chi connectivity index (χ4n) is 2.54. The van der Waals surface area contributed by atoms with E-state index in [1.807, 2.05) is 48.6 Å². The van der Waals surface area contributed by atoms with Gasteiger partial charge in [0.15, 0.2) is 5.43 Å². The summed E-state index contributed by atoms with van der Waals surface area (Å²) in [5.41, 5.74) is 1.44. The van der Waals surface area contributed by atoms with E-state index in [-0.39, 0.29) is 5.43 Å². The van der Waals surface area contributed by atoms with Gasteiger partial charge in [-0.05, 0) is 11.5 Å². The van der Waals surface area contributed by atoms with Gasteiger partial charge in [-0.15, -0.1) is 0 Å². The molecule has 0 amide bonds. The van der Waals surface area contributed by atoms with Crippen molar-refractivity contribution in [2.45, 2.75) is 0 Å². The van der Waals surface area contributed by atoms with Gasteiger partial charge in [0.25, 0.3) is 0 Å². The highest BCUT2D eigenvalue weighted by Gasteiger charge is 2.12. The van der Waals surface area contributed by atoms with Crippen molar-refractivity contribution in [2.24, 2.45) is 0 Å². The molecule has 1 aromatic heterocycles. The lowest BCUT2D eigenvalue weighted by Gasteiger charge is -2.06. The normalized spacial score (nSPS) is 13.4. The zero-order chi connectivity index (χ0) is 18.7. The molecule has 0 saturated carbocycles. The van der Waals surface area contributed by atoms with Crippen molar-refractivity contribution < 1.29 is 21.9 Å². The molecule has 2 aromatic carbocycles. The molecule has 4 rings (SSSR count). The topological polar surface area (TPSA) is 122 Å². The van der Waals surface area contributed by atoms with Crippen LogP contribution in [-0.4, -0.2) is 23.7 Å². The summed E-state index contributed by atoms with van der Waals surface area (Å²) in [7, 11) is -4.92. The molecule has 0 atom stereocenters. The molecular formula is C18H12NO6S. The van der Waals surface area contributed by atoms with Gasteiger partial charge in [0.05, 0.1) is 10.4 Å². The zero-order valence-corrected chi connectivity index (χ0v) is 14.0. The van der Waals surface area contributed by atoms with Crippen LogP contribution in [0.4, 0.5) is 0 Å². The molecule has 0 fully saturated rings. The standard InChI is InChI=1S/C18H11NO2.H2O4S/c20-16-11-17(13-7-9-19-10-8-13)21-18-14-4-2-1-3-12(14)5-6-15(16)18;1-5(2,3)4/h1-11H;(H2,1,2,3,4)/q+1;/p-1. The van der Waals surface area contributed by atoms with Gasteiger partial charge in [-0.1, -0.05) is 30.3 Å². The summed E-state index contributed by atoms with van der Waals surface area (Å²) in [5.74, 6) is 0.561. The van der Waals surface area contributed by atoms with Crippen molar-refractivity contribution in [3.63, 3.8) is 0 Å². The van der Waals surface area contributed by atoms with Gasteiger partial charge in [-0.2, -0.15) is 0 Å². The SMILES string of the molecule is O=S(=O)([O-])O.O=c1cc(C2=CC=[N+]C=C2)oc2c1ccc1ccccc12. The minimum Gasteiger partial charge on any atom is -0.726 e. The number of hydrogen-bond donors (Lipinski definition) is 1. The predicted octanol–water partition coefficient (Wildman–Crippen LogP) is 2.27. The van der Waals surface area contributed by atoms with Gasteiger partial charge in [0.2, 0.25) is 22.8 Å². The second kappa shape index (κ2) is 7.04. The van der Waals surface area contributed by atoms with Gasteiger partial charge >= 0.3 is 0 Å². The fraction of sp³-hybridized carbons (Fsp3) is 0. The molecule has 2 heterocycles. The Balaban J connectivity index is 0.000000349. The van der Waals surface area contributed by atoms with Gasteiger partial charge in [0.1, 0.15) is 11.3 Å². The third-order valence-electron chi connectivity index (χ3n) is 3.58. The highest BCUT2D eigenvalue weighted by atomic mass is 32.3. The minimum absolute atomic E-state index is 0.0335. The average molecular weight is 370 g/mol. The highest BCUT2D eigenvalue weighted by Crippen LogP contribution is 2.26. The Morgan fingerprint density at radius 3 is 2.50 bits per heavy atom. The van der Waals surface area contributed by atoms with Crippen LogP contribution < -0.4 is 10.4 Å². The van der Waals surface area contributed by atoms with E-state index in [9.17, 15) is 4.79 Å². The summed E-state index contributed by atoms with van der Waals surface area (Å²) in [5, 5.41) is 2.61. The Kier molecular flexibility index (Phi) is 4.81. The second-order valence-corrected chi connectivity index (χ2v) is 6.16. The molecule has 1 radical (unpaired) electrons. The molecule has 8 heteroatoms. The maximum atomic E-state index is 12.3. The molecule has 1 aliphatic heterocycles. The summed E-state index contributed by atoms with van der Waals surface area (Å²) in [6, 6.07) is 13.2. The molecule has 1 N–H and O–H groups in total. The van der Waals surface area contributed by atoms with E-state index in [1.165, 1.54) is 6.07 Å². The quantitative estimate of drug-likeness (QED) is 0.398. The van der Waals surface area contributed by atoms with E-state index in [0.29, 0.717) is 16.7 Å².